The van der Waals surface area contributed by atoms with Crippen LogP contribution in [0.25, 0.3) is 0 Å². The molecule has 0 spiro atoms. The Kier molecular flexibility index (Phi) is 5.66. The molecule has 2 rings (SSSR count). The second kappa shape index (κ2) is 7.49. The largest absolute Gasteiger partial charge is 0.497 e. The number of piperidine rings is 1. The third kappa shape index (κ3) is 3.91. The van der Waals surface area contributed by atoms with E-state index < -0.39 is 0 Å². The van der Waals surface area contributed by atoms with Crippen LogP contribution in [0.4, 0.5) is 5.69 Å². The summed E-state index contributed by atoms with van der Waals surface area (Å²) in [6.45, 7) is 6.18. The van der Waals surface area contributed by atoms with E-state index in [2.05, 4.69) is 17.1 Å². The predicted molar refractivity (Wildman–Crippen MR) is 87.6 cm³/mol. The Hall–Kier alpha value is -1.75. The molecule has 1 aliphatic heterocycles. The van der Waals surface area contributed by atoms with Crippen LogP contribution < -0.4 is 14.8 Å². The van der Waals surface area contributed by atoms with E-state index in [1.165, 1.54) is 0 Å². The van der Waals surface area contributed by atoms with Gasteiger partial charge < -0.3 is 14.8 Å². The number of hydrogen-bond donors (Lipinski definition) is 1. The molecule has 1 aromatic rings. The molecule has 5 heteroatoms. The number of methoxy groups -OCH3 is 2. The number of ether oxygens (including phenoxy) is 2. The number of hydrogen-bond acceptors (Lipinski definition) is 4. The van der Waals surface area contributed by atoms with Crippen LogP contribution in [0.3, 0.4) is 0 Å². The molecule has 1 aromatic carbocycles. The van der Waals surface area contributed by atoms with Crippen molar-refractivity contribution in [3.05, 3.63) is 18.2 Å². The highest BCUT2D eigenvalue weighted by Gasteiger charge is 2.25. The molecule has 1 amide bonds. The summed E-state index contributed by atoms with van der Waals surface area (Å²) in [5.74, 6) is 2.07. The van der Waals surface area contributed by atoms with E-state index in [1.807, 2.05) is 13.0 Å². The Balaban J connectivity index is 2.04. The number of rotatable bonds is 5. The van der Waals surface area contributed by atoms with Crippen LogP contribution in [0.2, 0.25) is 0 Å². The fourth-order valence-electron chi connectivity index (χ4n) is 2.73. The van der Waals surface area contributed by atoms with Gasteiger partial charge in [-0.05, 0) is 50.9 Å². The van der Waals surface area contributed by atoms with E-state index in [0.717, 1.165) is 31.8 Å². The molecular formula is C17H26N2O3. The van der Waals surface area contributed by atoms with Gasteiger partial charge in [-0.1, -0.05) is 6.92 Å². The third-order valence-corrected chi connectivity index (χ3v) is 4.41. The first-order valence-electron chi connectivity index (χ1n) is 7.82. The quantitative estimate of drug-likeness (QED) is 0.909. The minimum absolute atomic E-state index is 0.0129. The number of nitrogens with zero attached hydrogens (tertiary/aromatic N) is 1. The molecule has 0 aromatic heterocycles. The summed E-state index contributed by atoms with van der Waals surface area (Å²) in [7, 11) is 3.19. The summed E-state index contributed by atoms with van der Waals surface area (Å²) in [6, 6.07) is 5.23. The first kappa shape index (κ1) is 16.6. The molecule has 0 bridgehead atoms. The minimum Gasteiger partial charge on any atom is -0.497 e. The van der Waals surface area contributed by atoms with Gasteiger partial charge in [0.2, 0.25) is 5.91 Å². The number of carbonyl (C=O) groups excluding carboxylic acids is 1. The zero-order chi connectivity index (χ0) is 16.1. The molecule has 1 unspecified atom stereocenters. The summed E-state index contributed by atoms with van der Waals surface area (Å²) in [5.41, 5.74) is 0.643. The van der Waals surface area contributed by atoms with Gasteiger partial charge in [0.1, 0.15) is 11.5 Å². The SMILES string of the molecule is COc1ccc(OC)c(NC(=O)C(C)N2CCC(C)CC2)c1. The van der Waals surface area contributed by atoms with Gasteiger partial charge in [-0.25, -0.2) is 0 Å². The number of carbonyl (C=O) groups is 1. The lowest BCUT2D eigenvalue weighted by atomic mass is 9.98. The van der Waals surface area contributed by atoms with Crippen molar-refractivity contribution in [3.8, 4) is 11.5 Å². The highest BCUT2D eigenvalue weighted by atomic mass is 16.5. The fraction of sp³-hybridized carbons (Fsp3) is 0.588. The fourth-order valence-corrected chi connectivity index (χ4v) is 2.73. The lowest BCUT2D eigenvalue weighted by Crippen LogP contribution is -2.45. The van der Waals surface area contributed by atoms with Gasteiger partial charge in [-0.2, -0.15) is 0 Å². The highest BCUT2D eigenvalue weighted by molar-refractivity contribution is 5.96. The average Bonchev–Trinajstić information content (AvgIpc) is 2.54. The lowest BCUT2D eigenvalue weighted by molar-refractivity contribution is -0.121. The van der Waals surface area contributed by atoms with Crippen LogP contribution in [0.5, 0.6) is 11.5 Å². The Morgan fingerprint density at radius 1 is 1.27 bits per heavy atom. The smallest absolute Gasteiger partial charge is 0.241 e. The summed E-state index contributed by atoms with van der Waals surface area (Å²) < 4.78 is 10.5. The van der Waals surface area contributed by atoms with E-state index in [0.29, 0.717) is 17.2 Å². The zero-order valence-corrected chi connectivity index (χ0v) is 13.9. The Labute approximate surface area is 132 Å². The number of amides is 1. The van der Waals surface area contributed by atoms with Crippen molar-refractivity contribution in [3.63, 3.8) is 0 Å². The van der Waals surface area contributed by atoms with Gasteiger partial charge in [-0.3, -0.25) is 9.69 Å². The molecule has 5 nitrogen and oxygen atoms in total. The number of benzene rings is 1. The van der Waals surface area contributed by atoms with Crippen molar-refractivity contribution in [2.75, 3.05) is 32.6 Å². The first-order chi connectivity index (χ1) is 10.5. The standard InChI is InChI=1S/C17H26N2O3/c1-12-7-9-19(10-8-12)13(2)17(20)18-15-11-14(21-3)5-6-16(15)22-4/h5-6,11-13H,7-10H2,1-4H3,(H,18,20). The Morgan fingerprint density at radius 2 is 1.95 bits per heavy atom. The summed E-state index contributed by atoms with van der Waals surface area (Å²) in [4.78, 5) is 14.7. The second-order valence-electron chi connectivity index (χ2n) is 5.95. The van der Waals surface area contributed by atoms with E-state index >= 15 is 0 Å². The molecule has 0 radical (unpaired) electrons. The first-order valence-corrected chi connectivity index (χ1v) is 7.82. The summed E-state index contributed by atoms with van der Waals surface area (Å²) in [6.07, 6.45) is 2.31. The van der Waals surface area contributed by atoms with E-state index in [-0.39, 0.29) is 11.9 Å². The van der Waals surface area contributed by atoms with Crippen molar-refractivity contribution in [2.45, 2.75) is 32.7 Å². The molecule has 1 aliphatic rings. The Morgan fingerprint density at radius 3 is 2.55 bits per heavy atom. The van der Waals surface area contributed by atoms with E-state index in [9.17, 15) is 4.79 Å². The van der Waals surface area contributed by atoms with Crippen LogP contribution in [-0.4, -0.2) is 44.2 Å². The predicted octanol–water partition coefficient (Wildman–Crippen LogP) is 2.76. The van der Waals surface area contributed by atoms with Crippen LogP contribution in [0.1, 0.15) is 26.7 Å². The van der Waals surface area contributed by atoms with Gasteiger partial charge in [-0.15, -0.1) is 0 Å². The van der Waals surface area contributed by atoms with E-state index in [1.54, 1.807) is 26.4 Å². The van der Waals surface area contributed by atoms with Crippen LogP contribution in [-0.2, 0) is 4.79 Å². The van der Waals surface area contributed by atoms with Crippen molar-refractivity contribution in [1.82, 2.24) is 4.90 Å². The van der Waals surface area contributed by atoms with Crippen LogP contribution in [0.15, 0.2) is 18.2 Å². The molecule has 0 saturated carbocycles. The van der Waals surface area contributed by atoms with Gasteiger partial charge in [0.05, 0.1) is 25.9 Å². The molecular weight excluding hydrogens is 280 g/mol. The molecule has 1 heterocycles. The monoisotopic (exact) mass is 306 g/mol. The molecule has 0 aliphatic carbocycles. The summed E-state index contributed by atoms with van der Waals surface area (Å²) in [5, 5.41) is 2.96. The molecule has 1 atom stereocenters. The van der Waals surface area contributed by atoms with Crippen LogP contribution >= 0.6 is 0 Å². The zero-order valence-electron chi connectivity index (χ0n) is 13.9. The lowest BCUT2D eigenvalue weighted by Gasteiger charge is -2.34. The number of likely N-dealkylation sites (tertiary alicyclic amines) is 1. The van der Waals surface area contributed by atoms with Crippen LogP contribution in [0, 0.1) is 5.92 Å². The molecule has 122 valence electrons. The maximum Gasteiger partial charge on any atom is 0.241 e. The second-order valence-corrected chi connectivity index (χ2v) is 5.95. The van der Waals surface area contributed by atoms with E-state index in [4.69, 9.17) is 9.47 Å². The molecule has 1 N–H and O–H groups in total. The van der Waals surface area contributed by atoms with Crippen molar-refractivity contribution < 1.29 is 14.3 Å². The molecule has 22 heavy (non-hydrogen) atoms. The summed E-state index contributed by atoms with van der Waals surface area (Å²) >= 11 is 0. The Bertz CT molecular complexity index is 511. The number of anilines is 1. The maximum atomic E-state index is 12.5. The topological polar surface area (TPSA) is 50.8 Å². The molecule has 1 saturated heterocycles. The normalized spacial score (nSPS) is 17.8. The van der Waals surface area contributed by atoms with Gasteiger partial charge in [0.15, 0.2) is 0 Å². The van der Waals surface area contributed by atoms with Crippen molar-refractivity contribution >= 4 is 11.6 Å². The van der Waals surface area contributed by atoms with Crippen molar-refractivity contribution in [1.29, 1.82) is 0 Å². The molecule has 1 fully saturated rings. The van der Waals surface area contributed by atoms with Gasteiger partial charge >= 0.3 is 0 Å². The maximum absolute atomic E-state index is 12.5. The minimum atomic E-state index is -0.150. The third-order valence-electron chi connectivity index (χ3n) is 4.41. The highest BCUT2D eigenvalue weighted by Crippen LogP contribution is 2.29. The van der Waals surface area contributed by atoms with Crippen molar-refractivity contribution in [2.24, 2.45) is 5.92 Å². The van der Waals surface area contributed by atoms with Gasteiger partial charge in [0.25, 0.3) is 0 Å². The average molecular weight is 306 g/mol. The number of nitrogens with one attached hydrogen (secondary N) is 1. The van der Waals surface area contributed by atoms with Gasteiger partial charge in [0, 0.05) is 6.07 Å².